The van der Waals surface area contributed by atoms with Crippen molar-refractivity contribution in [2.75, 3.05) is 12.4 Å². The van der Waals surface area contributed by atoms with E-state index in [4.69, 9.17) is 0 Å². The van der Waals surface area contributed by atoms with Crippen LogP contribution in [0.15, 0.2) is 0 Å². The molecule has 100 valence electrons. The van der Waals surface area contributed by atoms with Crippen molar-refractivity contribution in [2.24, 2.45) is 0 Å². The highest BCUT2D eigenvalue weighted by Gasteiger charge is 2.26. The van der Waals surface area contributed by atoms with Gasteiger partial charge in [-0.25, -0.2) is 0 Å². The molecule has 3 rings (SSSR count). The van der Waals surface area contributed by atoms with Crippen LogP contribution in [0.2, 0.25) is 0 Å². The van der Waals surface area contributed by atoms with Crippen molar-refractivity contribution in [1.82, 2.24) is 14.8 Å². The second-order valence-electron chi connectivity index (χ2n) is 5.34. The van der Waals surface area contributed by atoms with Gasteiger partial charge in [0.05, 0.1) is 6.61 Å². The highest BCUT2D eigenvalue weighted by Crippen LogP contribution is 2.30. The van der Waals surface area contributed by atoms with Crippen molar-refractivity contribution < 1.29 is 5.11 Å². The zero-order valence-corrected chi connectivity index (χ0v) is 11.5. The summed E-state index contributed by atoms with van der Waals surface area (Å²) in [5.74, 6) is 3.66. The van der Waals surface area contributed by atoms with Gasteiger partial charge in [-0.2, -0.15) is 11.8 Å². The molecule has 0 saturated carbocycles. The molecular formula is C13H21N3OS. The molecule has 0 spiro atoms. The fraction of sp³-hybridized carbons (Fsp3) is 0.846. The van der Waals surface area contributed by atoms with Gasteiger partial charge < -0.3 is 9.67 Å². The normalized spacial score (nSPS) is 28.1. The monoisotopic (exact) mass is 267 g/mol. The maximum Gasteiger partial charge on any atom is 0.138 e. The van der Waals surface area contributed by atoms with Crippen molar-refractivity contribution >= 4 is 11.8 Å². The predicted molar refractivity (Wildman–Crippen MR) is 72.9 cm³/mol. The standard InChI is InChI=1S/C13H21N3OS/c17-9-10-4-3-6-16-12(14-15-13(10)16)8-11-5-1-2-7-18-11/h10-11,17H,1-9H2. The van der Waals surface area contributed by atoms with Gasteiger partial charge in [0.2, 0.25) is 0 Å². The average Bonchev–Trinajstić information content (AvgIpc) is 2.83. The maximum absolute atomic E-state index is 9.38. The SMILES string of the molecule is OCC1CCCn2c(CC3CCCCS3)nnc21. The Balaban J connectivity index is 1.74. The third-order valence-electron chi connectivity index (χ3n) is 4.06. The molecule has 3 heterocycles. The molecule has 18 heavy (non-hydrogen) atoms. The molecule has 2 aliphatic heterocycles. The lowest BCUT2D eigenvalue weighted by Gasteiger charge is -2.24. The second kappa shape index (κ2) is 5.61. The van der Waals surface area contributed by atoms with Crippen LogP contribution < -0.4 is 0 Å². The van der Waals surface area contributed by atoms with Crippen LogP contribution in [0.3, 0.4) is 0 Å². The Bertz CT molecular complexity index is 401. The topological polar surface area (TPSA) is 50.9 Å². The molecule has 2 atom stereocenters. The fourth-order valence-electron chi connectivity index (χ4n) is 3.02. The lowest BCUT2D eigenvalue weighted by atomic mass is 10.00. The first-order chi connectivity index (χ1) is 8.88. The average molecular weight is 267 g/mol. The number of thioether (sulfide) groups is 1. The summed E-state index contributed by atoms with van der Waals surface area (Å²) in [5, 5.41) is 18.8. The molecule has 1 fully saturated rings. The molecule has 1 N–H and O–H groups in total. The van der Waals surface area contributed by atoms with Gasteiger partial charge in [-0.1, -0.05) is 6.42 Å². The van der Waals surface area contributed by atoms with Crippen molar-refractivity contribution in [1.29, 1.82) is 0 Å². The van der Waals surface area contributed by atoms with E-state index in [0.717, 1.165) is 42.7 Å². The highest BCUT2D eigenvalue weighted by molar-refractivity contribution is 7.99. The molecule has 0 aromatic carbocycles. The molecule has 0 radical (unpaired) electrons. The van der Waals surface area contributed by atoms with Gasteiger partial charge in [-0.05, 0) is 31.4 Å². The van der Waals surface area contributed by atoms with Gasteiger partial charge in [0.1, 0.15) is 11.6 Å². The van der Waals surface area contributed by atoms with Gasteiger partial charge in [-0.15, -0.1) is 10.2 Å². The van der Waals surface area contributed by atoms with Crippen LogP contribution in [0.25, 0.3) is 0 Å². The Morgan fingerprint density at radius 1 is 1.22 bits per heavy atom. The van der Waals surface area contributed by atoms with Crippen LogP contribution >= 0.6 is 11.8 Å². The molecule has 0 bridgehead atoms. The van der Waals surface area contributed by atoms with Gasteiger partial charge in [0, 0.05) is 24.1 Å². The van der Waals surface area contributed by atoms with E-state index >= 15 is 0 Å². The van der Waals surface area contributed by atoms with Gasteiger partial charge >= 0.3 is 0 Å². The molecule has 1 saturated heterocycles. The number of hydrogen-bond acceptors (Lipinski definition) is 4. The van der Waals surface area contributed by atoms with E-state index in [2.05, 4.69) is 26.5 Å². The summed E-state index contributed by atoms with van der Waals surface area (Å²) in [6, 6.07) is 0. The Morgan fingerprint density at radius 2 is 2.17 bits per heavy atom. The molecule has 0 amide bonds. The summed E-state index contributed by atoms with van der Waals surface area (Å²) >= 11 is 2.09. The van der Waals surface area contributed by atoms with E-state index in [1.54, 1.807) is 0 Å². The quantitative estimate of drug-likeness (QED) is 0.910. The number of hydrogen-bond donors (Lipinski definition) is 1. The minimum absolute atomic E-state index is 0.205. The van der Waals surface area contributed by atoms with E-state index in [-0.39, 0.29) is 12.5 Å². The third-order valence-corrected chi connectivity index (χ3v) is 5.46. The molecule has 4 nitrogen and oxygen atoms in total. The Morgan fingerprint density at radius 3 is 2.94 bits per heavy atom. The van der Waals surface area contributed by atoms with Crippen molar-refractivity contribution in [3.05, 3.63) is 11.6 Å². The van der Waals surface area contributed by atoms with Crippen LogP contribution in [0, 0.1) is 0 Å². The van der Waals surface area contributed by atoms with Crippen LogP contribution in [-0.2, 0) is 13.0 Å². The fourth-order valence-corrected chi connectivity index (χ4v) is 4.32. The Labute approximate surface area is 112 Å². The first kappa shape index (κ1) is 12.5. The Hall–Kier alpha value is -0.550. The van der Waals surface area contributed by atoms with Crippen molar-refractivity contribution in [2.45, 2.75) is 56.2 Å². The van der Waals surface area contributed by atoms with Gasteiger partial charge in [-0.3, -0.25) is 0 Å². The summed E-state index contributed by atoms with van der Waals surface area (Å²) in [6.07, 6.45) is 7.28. The third kappa shape index (κ3) is 2.43. The van der Waals surface area contributed by atoms with Gasteiger partial charge in [0.15, 0.2) is 0 Å². The largest absolute Gasteiger partial charge is 0.396 e. The smallest absolute Gasteiger partial charge is 0.138 e. The predicted octanol–water partition coefficient (Wildman–Crippen LogP) is 1.98. The summed E-state index contributed by atoms with van der Waals surface area (Å²) in [6.45, 7) is 1.24. The van der Waals surface area contributed by atoms with Crippen LogP contribution in [0.5, 0.6) is 0 Å². The minimum Gasteiger partial charge on any atom is -0.396 e. The number of aliphatic hydroxyl groups is 1. The highest BCUT2D eigenvalue weighted by atomic mass is 32.2. The summed E-state index contributed by atoms with van der Waals surface area (Å²) < 4.78 is 2.26. The maximum atomic E-state index is 9.38. The molecule has 1 aromatic rings. The first-order valence-electron chi connectivity index (χ1n) is 7.03. The minimum atomic E-state index is 0.205. The van der Waals surface area contributed by atoms with Crippen LogP contribution in [0.4, 0.5) is 0 Å². The number of aliphatic hydroxyl groups excluding tert-OH is 1. The summed E-state index contributed by atoms with van der Waals surface area (Å²) in [5.41, 5.74) is 0. The Kier molecular flexibility index (Phi) is 3.89. The molecule has 5 heteroatoms. The molecule has 2 aliphatic rings. The number of fused-ring (bicyclic) bond motifs is 1. The van der Waals surface area contributed by atoms with E-state index in [0.29, 0.717) is 0 Å². The molecule has 1 aromatic heterocycles. The zero-order chi connectivity index (χ0) is 12.4. The number of rotatable bonds is 3. The number of aromatic nitrogens is 3. The zero-order valence-electron chi connectivity index (χ0n) is 10.7. The van der Waals surface area contributed by atoms with Gasteiger partial charge in [0.25, 0.3) is 0 Å². The second-order valence-corrected chi connectivity index (χ2v) is 6.75. The summed E-state index contributed by atoms with van der Waals surface area (Å²) in [7, 11) is 0. The lowest BCUT2D eigenvalue weighted by Crippen LogP contribution is -2.22. The van der Waals surface area contributed by atoms with Crippen molar-refractivity contribution in [3.63, 3.8) is 0 Å². The van der Waals surface area contributed by atoms with Crippen LogP contribution in [0.1, 0.15) is 49.7 Å². The van der Waals surface area contributed by atoms with E-state index in [1.807, 2.05) is 0 Å². The number of nitrogens with zero attached hydrogens (tertiary/aromatic N) is 3. The summed E-state index contributed by atoms with van der Waals surface area (Å²) in [4.78, 5) is 0. The van der Waals surface area contributed by atoms with Crippen LogP contribution in [-0.4, -0.2) is 37.5 Å². The van der Waals surface area contributed by atoms with E-state index in [9.17, 15) is 5.11 Å². The first-order valence-corrected chi connectivity index (χ1v) is 8.08. The van der Waals surface area contributed by atoms with E-state index in [1.165, 1.54) is 25.0 Å². The molecule has 2 unspecified atom stereocenters. The van der Waals surface area contributed by atoms with E-state index < -0.39 is 0 Å². The molecule has 0 aliphatic carbocycles. The lowest BCUT2D eigenvalue weighted by molar-refractivity contribution is 0.237. The molecular weight excluding hydrogens is 246 g/mol. The van der Waals surface area contributed by atoms with Crippen molar-refractivity contribution in [3.8, 4) is 0 Å².